The molecule has 0 saturated heterocycles. The van der Waals surface area contributed by atoms with Gasteiger partial charge in [0.05, 0.1) is 24.4 Å². The number of ether oxygens (including phenoxy) is 1. The highest BCUT2D eigenvalue weighted by Gasteiger charge is 2.51. The number of amides is 1. The van der Waals surface area contributed by atoms with Crippen LogP contribution in [0.3, 0.4) is 0 Å². The van der Waals surface area contributed by atoms with Crippen LogP contribution >= 0.6 is 11.6 Å². The number of para-hydroxylation sites is 2. The van der Waals surface area contributed by atoms with Crippen molar-refractivity contribution in [3.05, 3.63) is 58.6 Å². The predicted molar refractivity (Wildman–Crippen MR) is 94.8 cm³/mol. The Bertz CT molecular complexity index is 851. The second-order valence-electron chi connectivity index (χ2n) is 6.08. The molecular weight excluding hydrogens is 342 g/mol. The average molecular weight is 360 g/mol. The van der Waals surface area contributed by atoms with Crippen LogP contribution in [0, 0.1) is 0 Å². The van der Waals surface area contributed by atoms with Crippen LogP contribution in [-0.4, -0.2) is 23.9 Å². The van der Waals surface area contributed by atoms with Crippen molar-refractivity contribution in [2.75, 3.05) is 12.0 Å². The topological polar surface area (TPSA) is 66.8 Å². The van der Waals surface area contributed by atoms with Gasteiger partial charge >= 0.3 is 0 Å². The van der Waals surface area contributed by atoms with E-state index >= 15 is 0 Å². The largest absolute Gasteiger partial charge is 0.496 e. The molecule has 1 unspecified atom stereocenters. The van der Waals surface area contributed by atoms with Crippen molar-refractivity contribution in [3.63, 3.8) is 0 Å². The number of fused-ring (bicyclic) bond motifs is 1. The maximum absolute atomic E-state index is 13.0. The smallest absolute Gasteiger partial charge is 0.264 e. The SMILES string of the molecule is COc1ccccc1CN1C(=O)C(O)(CC(C)=O)c2cccc(Cl)c21. The molecule has 5 nitrogen and oxygen atoms in total. The maximum Gasteiger partial charge on any atom is 0.264 e. The number of benzene rings is 2. The molecule has 2 aromatic carbocycles. The van der Waals surface area contributed by atoms with Gasteiger partial charge in [0.15, 0.2) is 5.60 Å². The number of anilines is 1. The molecular formula is C19H18ClNO4. The summed E-state index contributed by atoms with van der Waals surface area (Å²) in [6.07, 6.45) is -0.290. The Labute approximate surface area is 150 Å². The van der Waals surface area contributed by atoms with E-state index in [1.54, 1.807) is 31.4 Å². The number of halogens is 1. The fourth-order valence-electron chi connectivity index (χ4n) is 3.25. The first-order valence-electron chi connectivity index (χ1n) is 7.83. The molecule has 1 aliphatic rings. The maximum atomic E-state index is 13.0. The van der Waals surface area contributed by atoms with Crippen LogP contribution in [0.15, 0.2) is 42.5 Å². The fourth-order valence-corrected chi connectivity index (χ4v) is 3.53. The molecule has 0 aromatic heterocycles. The minimum Gasteiger partial charge on any atom is -0.496 e. The molecule has 0 spiro atoms. The van der Waals surface area contributed by atoms with Crippen LogP contribution in [0.1, 0.15) is 24.5 Å². The van der Waals surface area contributed by atoms with Gasteiger partial charge in [0, 0.05) is 17.5 Å². The van der Waals surface area contributed by atoms with Gasteiger partial charge in [-0.1, -0.05) is 41.9 Å². The van der Waals surface area contributed by atoms with E-state index in [4.69, 9.17) is 16.3 Å². The Morgan fingerprint density at radius 1 is 1.24 bits per heavy atom. The standard InChI is InChI=1S/C19H18ClNO4/c1-12(22)10-19(24)14-7-5-8-15(20)17(14)21(18(19)23)11-13-6-3-4-9-16(13)25-2/h3-9,24H,10-11H2,1-2H3. The number of hydrogen-bond donors (Lipinski definition) is 1. The van der Waals surface area contributed by atoms with Crippen molar-refractivity contribution in [3.8, 4) is 5.75 Å². The minimum absolute atomic E-state index is 0.180. The van der Waals surface area contributed by atoms with Gasteiger partial charge < -0.3 is 14.7 Å². The lowest BCUT2D eigenvalue weighted by atomic mass is 9.90. The third kappa shape index (κ3) is 2.90. The summed E-state index contributed by atoms with van der Waals surface area (Å²) in [5.74, 6) is -0.205. The number of methoxy groups -OCH3 is 1. The summed E-state index contributed by atoms with van der Waals surface area (Å²) in [6.45, 7) is 1.53. The van der Waals surface area contributed by atoms with E-state index in [-0.39, 0.29) is 18.7 Å². The lowest BCUT2D eigenvalue weighted by molar-refractivity contribution is -0.141. The Kier molecular flexibility index (Phi) is 4.54. The molecule has 3 rings (SSSR count). The Balaban J connectivity index is 2.09. The summed E-state index contributed by atoms with van der Waals surface area (Å²) < 4.78 is 5.34. The molecule has 6 heteroatoms. The average Bonchev–Trinajstić information content (AvgIpc) is 2.78. The first kappa shape index (κ1) is 17.5. The molecule has 0 radical (unpaired) electrons. The summed E-state index contributed by atoms with van der Waals surface area (Å²) >= 11 is 6.31. The highest BCUT2D eigenvalue weighted by molar-refractivity contribution is 6.35. The minimum atomic E-state index is -1.89. The summed E-state index contributed by atoms with van der Waals surface area (Å²) in [6, 6.07) is 12.3. The van der Waals surface area contributed by atoms with Crippen LogP contribution in [0.4, 0.5) is 5.69 Å². The summed E-state index contributed by atoms with van der Waals surface area (Å²) in [7, 11) is 1.55. The Morgan fingerprint density at radius 3 is 2.64 bits per heavy atom. The second-order valence-corrected chi connectivity index (χ2v) is 6.49. The van der Waals surface area contributed by atoms with Crippen LogP contribution in [-0.2, 0) is 21.7 Å². The van der Waals surface area contributed by atoms with E-state index in [0.29, 0.717) is 22.0 Å². The number of carbonyl (C=O) groups excluding carboxylic acids is 2. The van der Waals surface area contributed by atoms with Crippen LogP contribution in [0.5, 0.6) is 5.75 Å². The van der Waals surface area contributed by atoms with Crippen molar-refractivity contribution in [2.24, 2.45) is 0 Å². The number of ketones is 1. The van der Waals surface area contributed by atoms with E-state index in [2.05, 4.69) is 0 Å². The van der Waals surface area contributed by atoms with Crippen molar-refractivity contribution >= 4 is 29.0 Å². The molecule has 1 heterocycles. The van der Waals surface area contributed by atoms with Crippen LogP contribution < -0.4 is 9.64 Å². The van der Waals surface area contributed by atoms with Gasteiger partial charge in [-0.15, -0.1) is 0 Å². The molecule has 1 aliphatic heterocycles. The lowest BCUT2D eigenvalue weighted by Crippen LogP contribution is -2.41. The highest BCUT2D eigenvalue weighted by Crippen LogP contribution is 2.47. The quantitative estimate of drug-likeness (QED) is 0.891. The van der Waals surface area contributed by atoms with Crippen molar-refractivity contribution in [1.29, 1.82) is 0 Å². The lowest BCUT2D eigenvalue weighted by Gasteiger charge is -2.23. The predicted octanol–water partition coefficient (Wildman–Crippen LogP) is 3.06. The van der Waals surface area contributed by atoms with Gasteiger partial charge in [0.25, 0.3) is 5.91 Å². The third-order valence-electron chi connectivity index (χ3n) is 4.33. The van der Waals surface area contributed by atoms with Gasteiger partial charge in [-0.25, -0.2) is 0 Å². The fraction of sp³-hybridized carbons (Fsp3) is 0.263. The van der Waals surface area contributed by atoms with Gasteiger partial charge in [0.2, 0.25) is 0 Å². The van der Waals surface area contributed by atoms with Crippen LogP contribution in [0.2, 0.25) is 5.02 Å². The first-order chi connectivity index (χ1) is 11.9. The van der Waals surface area contributed by atoms with E-state index in [1.165, 1.54) is 11.8 Å². The zero-order valence-corrected chi connectivity index (χ0v) is 14.7. The molecule has 130 valence electrons. The Morgan fingerprint density at radius 2 is 1.96 bits per heavy atom. The highest BCUT2D eigenvalue weighted by atomic mass is 35.5. The number of nitrogens with zero attached hydrogens (tertiary/aromatic N) is 1. The molecule has 1 atom stereocenters. The molecule has 25 heavy (non-hydrogen) atoms. The number of Topliss-reactive ketones (excluding diaryl/α,β-unsaturated/α-hetero) is 1. The second kappa shape index (κ2) is 6.50. The number of hydrogen-bond acceptors (Lipinski definition) is 4. The number of rotatable bonds is 5. The van der Waals surface area contributed by atoms with E-state index < -0.39 is 11.5 Å². The summed E-state index contributed by atoms with van der Waals surface area (Å²) in [5.41, 5.74) is -0.330. The zero-order chi connectivity index (χ0) is 18.2. The first-order valence-corrected chi connectivity index (χ1v) is 8.21. The molecule has 0 aliphatic carbocycles. The molecule has 1 N–H and O–H groups in total. The molecule has 0 saturated carbocycles. The third-order valence-corrected chi connectivity index (χ3v) is 4.63. The van der Waals surface area contributed by atoms with Crippen molar-refractivity contribution < 1.29 is 19.4 Å². The molecule has 1 amide bonds. The number of carbonyl (C=O) groups is 2. The molecule has 0 fully saturated rings. The van der Waals surface area contributed by atoms with E-state index in [1.807, 2.05) is 18.2 Å². The summed E-state index contributed by atoms with van der Waals surface area (Å²) in [4.78, 5) is 26.0. The zero-order valence-electron chi connectivity index (χ0n) is 14.0. The summed E-state index contributed by atoms with van der Waals surface area (Å²) in [5, 5.41) is 11.3. The molecule has 0 bridgehead atoms. The monoisotopic (exact) mass is 359 g/mol. The Hall–Kier alpha value is -2.37. The van der Waals surface area contributed by atoms with Crippen LogP contribution in [0.25, 0.3) is 0 Å². The van der Waals surface area contributed by atoms with Crippen molar-refractivity contribution in [1.82, 2.24) is 0 Å². The van der Waals surface area contributed by atoms with Gasteiger partial charge in [-0.05, 0) is 19.1 Å². The van der Waals surface area contributed by atoms with Crippen molar-refractivity contribution in [2.45, 2.75) is 25.5 Å². The number of aliphatic hydroxyl groups is 1. The van der Waals surface area contributed by atoms with Gasteiger partial charge in [-0.3, -0.25) is 9.59 Å². The van der Waals surface area contributed by atoms with Gasteiger partial charge in [0.1, 0.15) is 11.5 Å². The van der Waals surface area contributed by atoms with Gasteiger partial charge in [-0.2, -0.15) is 0 Å². The van der Waals surface area contributed by atoms with E-state index in [0.717, 1.165) is 5.56 Å². The van der Waals surface area contributed by atoms with E-state index in [9.17, 15) is 14.7 Å². The normalized spacial score (nSPS) is 19.0. The molecule has 2 aromatic rings.